The minimum Gasteiger partial charge on any atom is -0.383 e. The number of aryl methyl sites for hydroxylation is 2. The van der Waals surface area contributed by atoms with Crippen LogP contribution in [-0.2, 0) is 24.5 Å². The molecule has 8 heteroatoms. The minimum absolute atomic E-state index is 0.115. The van der Waals surface area contributed by atoms with Crippen molar-refractivity contribution in [2.75, 3.05) is 20.3 Å². The topological polar surface area (TPSA) is 47.4 Å². The van der Waals surface area contributed by atoms with Gasteiger partial charge in [0, 0.05) is 33.3 Å². The van der Waals surface area contributed by atoms with E-state index in [0.717, 1.165) is 21.9 Å². The van der Waals surface area contributed by atoms with Crippen LogP contribution < -0.4 is 0 Å². The molecule has 0 saturated carbocycles. The number of ether oxygens (including phenoxy) is 1. The second kappa shape index (κ2) is 7.69. The lowest BCUT2D eigenvalue weighted by molar-refractivity contribution is -0.141. The summed E-state index contributed by atoms with van der Waals surface area (Å²) < 4.78 is 44.4. The summed E-state index contributed by atoms with van der Waals surface area (Å²) >= 11 is 0. The zero-order valence-corrected chi connectivity index (χ0v) is 14.3. The molecule has 2 rings (SSSR count). The number of rotatable bonds is 6. The molecule has 1 amide bonds. The van der Waals surface area contributed by atoms with Crippen molar-refractivity contribution in [3.05, 3.63) is 52.8 Å². The lowest BCUT2D eigenvalue weighted by atomic mass is 10.1. The van der Waals surface area contributed by atoms with E-state index in [2.05, 4.69) is 5.10 Å². The summed E-state index contributed by atoms with van der Waals surface area (Å²) in [5.74, 6) is -0.525. The van der Waals surface area contributed by atoms with Crippen molar-refractivity contribution in [3.63, 3.8) is 0 Å². The van der Waals surface area contributed by atoms with Gasteiger partial charge in [0.15, 0.2) is 5.69 Å². The number of benzene rings is 1. The Labute approximate surface area is 144 Å². The predicted octanol–water partition coefficient (Wildman–Crippen LogP) is 3.04. The predicted molar refractivity (Wildman–Crippen MR) is 86.0 cm³/mol. The molecule has 0 spiro atoms. The van der Waals surface area contributed by atoms with Crippen LogP contribution in [0.3, 0.4) is 0 Å². The average Bonchev–Trinajstić information content (AvgIpc) is 2.94. The fraction of sp³-hybridized carbons (Fsp3) is 0.412. The van der Waals surface area contributed by atoms with Gasteiger partial charge < -0.3 is 9.64 Å². The van der Waals surface area contributed by atoms with Crippen LogP contribution in [-0.4, -0.2) is 40.8 Å². The summed E-state index contributed by atoms with van der Waals surface area (Å²) in [5.41, 5.74) is 0.768. The largest absolute Gasteiger partial charge is 0.435 e. The minimum atomic E-state index is -4.59. The fourth-order valence-corrected chi connectivity index (χ4v) is 2.34. The Morgan fingerprint density at radius 1 is 1.28 bits per heavy atom. The molecule has 0 bridgehead atoms. The van der Waals surface area contributed by atoms with Gasteiger partial charge in [-0.2, -0.15) is 18.3 Å². The van der Waals surface area contributed by atoms with E-state index < -0.39 is 17.8 Å². The van der Waals surface area contributed by atoms with Crippen LogP contribution in [0, 0.1) is 6.92 Å². The zero-order chi connectivity index (χ0) is 18.6. The second-order valence-corrected chi connectivity index (χ2v) is 5.74. The number of alkyl halides is 3. The van der Waals surface area contributed by atoms with Crippen molar-refractivity contribution < 1.29 is 22.7 Å². The van der Waals surface area contributed by atoms with Gasteiger partial charge in [-0.1, -0.05) is 29.8 Å². The van der Waals surface area contributed by atoms with Gasteiger partial charge in [-0.3, -0.25) is 9.48 Å². The number of amides is 1. The molecule has 5 nitrogen and oxygen atoms in total. The fourth-order valence-electron chi connectivity index (χ4n) is 2.34. The molecule has 136 valence electrons. The second-order valence-electron chi connectivity index (χ2n) is 5.74. The van der Waals surface area contributed by atoms with Crippen LogP contribution in [0.2, 0.25) is 0 Å². The van der Waals surface area contributed by atoms with Crippen molar-refractivity contribution in [1.82, 2.24) is 14.7 Å². The Kier molecular flexibility index (Phi) is 5.84. The first kappa shape index (κ1) is 19.0. The molecule has 0 unspecified atom stereocenters. The molecule has 0 saturated heterocycles. The number of carbonyl (C=O) groups excluding carboxylic acids is 1. The lowest BCUT2D eigenvalue weighted by Crippen LogP contribution is -2.34. The van der Waals surface area contributed by atoms with E-state index in [9.17, 15) is 18.0 Å². The SMILES string of the molecule is COCCN(Cc1ccc(C)cc1)C(=O)c1cc(C(F)(F)F)nn1C. The Bertz CT molecular complexity index is 724. The maximum Gasteiger partial charge on any atom is 0.435 e. The standard InChI is InChI=1S/C17H20F3N3O2/c1-12-4-6-13(7-5-12)11-23(8-9-25-3)16(24)14-10-15(17(18,19)20)21-22(14)2/h4-7,10H,8-9,11H2,1-3H3. The van der Waals surface area contributed by atoms with Crippen molar-refractivity contribution in [3.8, 4) is 0 Å². The van der Waals surface area contributed by atoms with Gasteiger partial charge in [-0.15, -0.1) is 0 Å². The van der Waals surface area contributed by atoms with Gasteiger partial charge in [0.1, 0.15) is 5.69 Å². The molecule has 1 aromatic heterocycles. The highest BCUT2D eigenvalue weighted by Crippen LogP contribution is 2.28. The molecule has 2 aromatic rings. The van der Waals surface area contributed by atoms with Crippen LogP contribution in [0.25, 0.3) is 0 Å². The number of methoxy groups -OCH3 is 1. The van der Waals surface area contributed by atoms with Crippen molar-refractivity contribution in [2.24, 2.45) is 7.05 Å². The summed E-state index contributed by atoms with van der Waals surface area (Å²) in [5, 5.41) is 3.40. The van der Waals surface area contributed by atoms with Gasteiger partial charge in [0.25, 0.3) is 5.91 Å². The van der Waals surface area contributed by atoms with Crippen LogP contribution in [0.1, 0.15) is 27.3 Å². The maximum atomic E-state index is 12.8. The van der Waals surface area contributed by atoms with E-state index in [1.807, 2.05) is 31.2 Å². The first-order valence-electron chi connectivity index (χ1n) is 7.67. The molecular formula is C17H20F3N3O2. The highest BCUT2D eigenvalue weighted by molar-refractivity contribution is 5.92. The number of hydrogen-bond acceptors (Lipinski definition) is 3. The molecule has 0 fully saturated rings. The smallest absolute Gasteiger partial charge is 0.383 e. The van der Waals surface area contributed by atoms with Gasteiger partial charge in [-0.25, -0.2) is 0 Å². The number of hydrogen-bond donors (Lipinski definition) is 0. The summed E-state index contributed by atoms with van der Waals surface area (Å²) in [6.07, 6.45) is -4.59. The molecule has 0 aliphatic carbocycles. The number of carbonyl (C=O) groups is 1. The molecule has 25 heavy (non-hydrogen) atoms. The quantitative estimate of drug-likeness (QED) is 0.800. The molecule has 0 atom stereocenters. The Balaban J connectivity index is 2.26. The molecule has 0 radical (unpaired) electrons. The van der Waals surface area contributed by atoms with E-state index in [-0.39, 0.29) is 25.4 Å². The summed E-state index contributed by atoms with van der Waals surface area (Å²) in [4.78, 5) is 14.2. The number of nitrogens with zero attached hydrogens (tertiary/aromatic N) is 3. The lowest BCUT2D eigenvalue weighted by Gasteiger charge is -2.22. The van der Waals surface area contributed by atoms with E-state index in [4.69, 9.17) is 4.74 Å². The Morgan fingerprint density at radius 3 is 2.44 bits per heavy atom. The van der Waals surface area contributed by atoms with Crippen molar-refractivity contribution in [1.29, 1.82) is 0 Å². The van der Waals surface area contributed by atoms with Gasteiger partial charge in [0.05, 0.1) is 6.61 Å². The molecule has 1 aromatic carbocycles. The van der Waals surface area contributed by atoms with Gasteiger partial charge in [0.2, 0.25) is 0 Å². The van der Waals surface area contributed by atoms with E-state index in [0.29, 0.717) is 0 Å². The van der Waals surface area contributed by atoms with Crippen LogP contribution in [0.15, 0.2) is 30.3 Å². The molecule has 0 N–H and O–H groups in total. The van der Waals surface area contributed by atoms with E-state index >= 15 is 0 Å². The number of aromatic nitrogens is 2. The highest BCUT2D eigenvalue weighted by atomic mass is 19.4. The average molecular weight is 355 g/mol. The third kappa shape index (κ3) is 4.82. The van der Waals surface area contributed by atoms with Crippen LogP contribution >= 0.6 is 0 Å². The summed E-state index contributed by atoms with van der Waals surface area (Å²) in [6.45, 7) is 2.76. The van der Waals surface area contributed by atoms with Gasteiger partial charge in [-0.05, 0) is 12.5 Å². The third-order valence-corrected chi connectivity index (χ3v) is 3.74. The zero-order valence-electron chi connectivity index (χ0n) is 14.3. The summed E-state index contributed by atoms with van der Waals surface area (Å²) in [7, 11) is 2.82. The first-order valence-corrected chi connectivity index (χ1v) is 7.67. The van der Waals surface area contributed by atoms with Gasteiger partial charge >= 0.3 is 6.18 Å². The third-order valence-electron chi connectivity index (χ3n) is 3.74. The molecule has 0 aliphatic heterocycles. The normalized spacial score (nSPS) is 11.6. The Hall–Kier alpha value is -2.35. The van der Waals surface area contributed by atoms with E-state index in [1.165, 1.54) is 19.1 Å². The van der Waals surface area contributed by atoms with E-state index in [1.54, 1.807) is 0 Å². The van der Waals surface area contributed by atoms with Crippen molar-refractivity contribution in [2.45, 2.75) is 19.6 Å². The molecule has 0 aliphatic rings. The van der Waals surface area contributed by atoms with Crippen LogP contribution in [0.4, 0.5) is 13.2 Å². The monoisotopic (exact) mass is 355 g/mol. The maximum absolute atomic E-state index is 12.8. The number of halogens is 3. The molecular weight excluding hydrogens is 335 g/mol. The highest BCUT2D eigenvalue weighted by Gasteiger charge is 2.36. The first-order chi connectivity index (χ1) is 11.7. The van der Waals surface area contributed by atoms with Crippen molar-refractivity contribution >= 4 is 5.91 Å². The summed E-state index contributed by atoms with van der Waals surface area (Å²) in [6, 6.07) is 8.37. The van der Waals surface area contributed by atoms with Crippen LogP contribution in [0.5, 0.6) is 0 Å². The molecule has 1 heterocycles. The Morgan fingerprint density at radius 2 is 1.92 bits per heavy atom.